The third-order valence-electron chi connectivity index (χ3n) is 13.0. The van der Waals surface area contributed by atoms with Gasteiger partial charge >= 0.3 is 0 Å². The molecule has 0 spiro atoms. The molecule has 1 amide bonds. The van der Waals surface area contributed by atoms with Crippen molar-refractivity contribution >= 4 is 13.7 Å². The van der Waals surface area contributed by atoms with Gasteiger partial charge in [-0.25, -0.2) is 0 Å². The number of hydrogen-bond acceptors (Lipinski definition) is 6. The first-order valence-electron chi connectivity index (χ1n) is 29.0. The van der Waals surface area contributed by atoms with E-state index in [9.17, 15) is 19.4 Å². The van der Waals surface area contributed by atoms with E-state index in [1.165, 1.54) is 205 Å². The molecule has 0 aromatic carbocycles. The first-order valence-corrected chi connectivity index (χ1v) is 30.5. The summed E-state index contributed by atoms with van der Waals surface area (Å²) in [5.74, 6) is -0.212. The highest BCUT2D eigenvalue weighted by Gasteiger charge is 2.23. The SMILES string of the molecule is CCCCCCCCCCCCCC/C=C\CCCCCCCCCCC(=O)NC(COP(=O)([O-])OCC[N+](C)(C)C)C(O)/C=C/CC/C=C/CC/C=C/CCCCCCCCCCCCCC. The van der Waals surface area contributed by atoms with Crippen molar-refractivity contribution in [2.75, 3.05) is 40.9 Å². The molecule has 9 heteroatoms. The van der Waals surface area contributed by atoms with Crippen molar-refractivity contribution in [3.63, 3.8) is 0 Å². The van der Waals surface area contributed by atoms with Crippen LogP contribution in [-0.2, 0) is 18.4 Å². The molecule has 0 bridgehead atoms. The molecule has 0 fully saturated rings. The van der Waals surface area contributed by atoms with Gasteiger partial charge in [-0.15, -0.1) is 0 Å². The lowest BCUT2D eigenvalue weighted by atomic mass is 10.0. The summed E-state index contributed by atoms with van der Waals surface area (Å²) in [4.78, 5) is 25.5. The van der Waals surface area contributed by atoms with Gasteiger partial charge in [0.05, 0.1) is 39.9 Å². The maximum atomic E-state index is 13.0. The van der Waals surface area contributed by atoms with Crippen LogP contribution < -0.4 is 10.2 Å². The van der Waals surface area contributed by atoms with Gasteiger partial charge in [0.15, 0.2) is 0 Å². The Balaban J connectivity index is 4.29. The van der Waals surface area contributed by atoms with Gasteiger partial charge in [0, 0.05) is 6.42 Å². The van der Waals surface area contributed by atoms with Crippen molar-refractivity contribution in [1.29, 1.82) is 0 Å². The number of hydrogen-bond donors (Lipinski definition) is 2. The molecule has 0 aliphatic carbocycles. The quantitative estimate of drug-likeness (QED) is 0.0272. The highest BCUT2D eigenvalue weighted by molar-refractivity contribution is 7.45. The maximum absolute atomic E-state index is 13.0. The minimum atomic E-state index is -4.61. The van der Waals surface area contributed by atoms with Crippen LogP contribution in [0.5, 0.6) is 0 Å². The van der Waals surface area contributed by atoms with Gasteiger partial charge in [0.25, 0.3) is 7.82 Å². The van der Waals surface area contributed by atoms with Crippen molar-refractivity contribution in [2.24, 2.45) is 0 Å². The number of allylic oxidation sites excluding steroid dienone is 7. The molecule has 0 saturated carbocycles. The Morgan fingerprint density at radius 1 is 0.500 bits per heavy atom. The number of aliphatic hydroxyl groups excluding tert-OH is 1. The molecule has 0 aliphatic rings. The molecule has 3 unspecified atom stereocenters. The van der Waals surface area contributed by atoms with E-state index in [1.54, 1.807) is 6.08 Å². The zero-order valence-electron chi connectivity index (χ0n) is 45.6. The maximum Gasteiger partial charge on any atom is 0.268 e. The minimum Gasteiger partial charge on any atom is -0.756 e. The third kappa shape index (κ3) is 52.3. The van der Waals surface area contributed by atoms with Gasteiger partial charge in [0.2, 0.25) is 5.91 Å². The van der Waals surface area contributed by atoms with Crippen LogP contribution in [0.15, 0.2) is 48.6 Å². The van der Waals surface area contributed by atoms with Crippen molar-refractivity contribution in [3.05, 3.63) is 48.6 Å². The van der Waals surface area contributed by atoms with Crippen LogP contribution in [-0.4, -0.2) is 68.5 Å². The molecule has 8 nitrogen and oxygen atoms in total. The van der Waals surface area contributed by atoms with Gasteiger partial charge in [-0.2, -0.15) is 0 Å². The summed E-state index contributed by atoms with van der Waals surface area (Å²) < 4.78 is 23.3. The summed E-state index contributed by atoms with van der Waals surface area (Å²) in [5.41, 5.74) is 0. The molecular formula is C59H113N2O6P. The second kappa shape index (κ2) is 50.4. The number of likely N-dealkylation sites (N-methyl/N-ethyl adjacent to an activating group) is 1. The number of unbranched alkanes of at least 4 members (excludes halogenated alkanes) is 34. The van der Waals surface area contributed by atoms with Crippen molar-refractivity contribution in [3.8, 4) is 0 Å². The third-order valence-corrected chi connectivity index (χ3v) is 14.0. The van der Waals surface area contributed by atoms with Crippen molar-refractivity contribution in [1.82, 2.24) is 5.32 Å². The van der Waals surface area contributed by atoms with Crippen LogP contribution in [0.2, 0.25) is 0 Å². The Kier molecular flexibility index (Phi) is 49.3. The monoisotopic (exact) mass is 977 g/mol. The Hall–Kier alpha value is -1.54. The second-order valence-electron chi connectivity index (χ2n) is 21.0. The predicted octanol–water partition coefficient (Wildman–Crippen LogP) is 16.9. The van der Waals surface area contributed by atoms with Gasteiger partial charge < -0.3 is 28.8 Å². The molecule has 0 aliphatic heterocycles. The number of carbonyl (C=O) groups excluding carboxylic acids is 1. The number of quaternary nitrogens is 1. The number of amides is 1. The summed E-state index contributed by atoms with van der Waals surface area (Å²) >= 11 is 0. The Labute approximate surface area is 422 Å². The molecule has 3 atom stereocenters. The van der Waals surface area contributed by atoms with E-state index in [0.29, 0.717) is 17.4 Å². The fraction of sp³-hybridized carbons (Fsp3) is 0.847. The van der Waals surface area contributed by atoms with Crippen LogP contribution in [0, 0.1) is 0 Å². The lowest BCUT2D eigenvalue weighted by Gasteiger charge is -2.29. The first kappa shape index (κ1) is 66.5. The first-order chi connectivity index (χ1) is 33.0. The molecule has 0 aromatic heterocycles. The summed E-state index contributed by atoms with van der Waals surface area (Å²) in [5, 5.41) is 13.9. The standard InChI is InChI=1S/C59H113N2O6P/c1-6-8-10-12-14-16-18-20-22-24-26-28-30-31-33-35-37-39-41-43-45-47-49-51-53-59(63)60-57(56-67-68(64,65)66-55-54-61(3,4)5)58(62)52-50-48-46-44-42-40-38-36-34-32-29-27-25-23-21-19-17-15-13-11-9-7-2/h31,33-34,36,42,44,50,52,57-58,62H,6-30,32,35,37-41,43,45-49,51,53-56H2,1-5H3,(H-,60,63,64,65)/b33-31-,36-34+,44-42+,52-50+. The van der Waals surface area contributed by atoms with E-state index in [1.807, 2.05) is 27.2 Å². The average molecular weight is 978 g/mol. The van der Waals surface area contributed by atoms with Crippen LogP contribution >= 0.6 is 7.82 Å². The lowest BCUT2D eigenvalue weighted by Crippen LogP contribution is -2.45. The minimum absolute atomic E-state index is 0.00997. The van der Waals surface area contributed by atoms with E-state index in [0.717, 1.165) is 44.9 Å². The highest BCUT2D eigenvalue weighted by atomic mass is 31.2. The normalized spacial score (nSPS) is 14.3. The zero-order chi connectivity index (χ0) is 49.9. The van der Waals surface area contributed by atoms with Crippen molar-refractivity contribution < 1.29 is 32.9 Å². The van der Waals surface area contributed by atoms with E-state index in [-0.39, 0.29) is 12.5 Å². The predicted molar refractivity (Wildman–Crippen MR) is 293 cm³/mol. The van der Waals surface area contributed by atoms with E-state index >= 15 is 0 Å². The Bertz CT molecular complexity index is 1250. The molecule has 0 rings (SSSR count). The van der Waals surface area contributed by atoms with Gasteiger partial charge in [-0.1, -0.05) is 242 Å². The molecule has 68 heavy (non-hydrogen) atoms. The molecule has 0 radical (unpaired) electrons. The van der Waals surface area contributed by atoms with E-state index < -0.39 is 26.6 Å². The van der Waals surface area contributed by atoms with Crippen LogP contribution in [0.1, 0.15) is 271 Å². The summed E-state index contributed by atoms with van der Waals surface area (Å²) in [6.45, 7) is 4.65. The number of nitrogens with one attached hydrogen (secondary N) is 1. The number of nitrogens with zero attached hydrogens (tertiary/aromatic N) is 1. The molecule has 400 valence electrons. The second-order valence-corrected chi connectivity index (χ2v) is 22.4. The number of phosphoric ester groups is 1. The lowest BCUT2D eigenvalue weighted by molar-refractivity contribution is -0.870. The molecule has 0 saturated heterocycles. The molecule has 0 heterocycles. The summed E-state index contributed by atoms with van der Waals surface area (Å²) in [7, 11) is 1.24. The van der Waals surface area contributed by atoms with Gasteiger partial charge in [-0.05, 0) is 70.6 Å². The molecule has 0 aromatic rings. The molecular weight excluding hydrogens is 864 g/mol. The Morgan fingerprint density at radius 3 is 1.19 bits per heavy atom. The summed E-state index contributed by atoms with van der Waals surface area (Å²) in [6, 6.07) is -0.913. The molecule has 2 N–H and O–H groups in total. The largest absolute Gasteiger partial charge is 0.756 e. The summed E-state index contributed by atoms with van der Waals surface area (Å²) in [6.07, 6.45) is 66.2. The van der Waals surface area contributed by atoms with Crippen LogP contribution in [0.4, 0.5) is 0 Å². The average Bonchev–Trinajstić information content (AvgIpc) is 3.30. The zero-order valence-corrected chi connectivity index (χ0v) is 46.5. The van der Waals surface area contributed by atoms with Crippen LogP contribution in [0.25, 0.3) is 0 Å². The van der Waals surface area contributed by atoms with E-state index in [2.05, 4.69) is 55.6 Å². The van der Waals surface area contributed by atoms with Crippen molar-refractivity contribution in [2.45, 2.75) is 283 Å². The number of rotatable bonds is 53. The van der Waals surface area contributed by atoms with Crippen LogP contribution in [0.3, 0.4) is 0 Å². The fourth-order valence-corrected chi connectivity index (χ4v) is 9.14. The fourth-order valence-electron chi connectivity index (χ4n) is 8.42. The number of phosphoric acid groups is 1. The van der Waals surface area contributed by atoms with E-state index in [4.69, 9.17) is 9.05 Å². The van der Waals surface area contributed by atoms with Gasteiger partial charge in [0.1, 0.15) is 13.2 Å². The number of carbonyl (C=O) groups is 1. The Morgan fingerprint density at radius 2 is 0.824 bits per heavy atom. The highest BCUT2D eigenvalue weighted by Crippen LogP contribution is 2.38. The number of aliphatic hydroxyl groups is 1. The smallest absolute Gasteiger partial charge is 0.268 e. The van der Waals surface area contributed by atoms with Gasteiger partial charge in [-0.3, -0.25) is 9.36 Å². The topological polar surface area (TPSA) is 108 Å².